The van der Waals surface area contributed by atoms with Crippen molar-refractivity contribution in [2.45, 2.75) is 0 Å². The number of anilines is 2. The lowest BCUT2D eigenvalue weighted by Crippen LogP contribution is -2.11. The van der Waals surface area contributed by atoms with E-state index in [1.807, 2.05) is 25.1 Å². The van der Waals surface area contributed by atoms with E-state index < -0.39 is 0 Å². The van der Waals surface area contributed by atoms with Gasteiger partial charge in [-0.1, -0.05) is 0 Å². The van der Waals surface area contributed by atoms with E-state index in [4.69, 9.17) is 5.73 Å². The molecule has 0 saturated heterocycles. The van der Waals surface area contributed by atoms with Gasteiger partial charge in [-0.05, 0) is 12.1 Å². The van der Waals surface area contributed by atoms with Crippen LogP contribution in [0.2, 0.25) is 0 Å². The topological polar surface area (TPSA) is 55.0 Å². The minimum Gasteiger partial charge on any atom is -0.382 e. The highest BCUT2D eigenvalue weighted by atomic mass is 35.5. The van der Waals surface area contributed by atoms with Crippen LogP contribution in [0, 0.1) is 0 Å². The van der Waals surface area contributed by atoms with E-state index in [-0.39, 0.29) is 12.4 Å². The summed E-state index contributed by atoms with van der Waals surface area (Å²) in [5.74, 6) is 1.26. The Kier molecular flexibility index (Phi) is 3.60. The molecule has 0 fully saturated rings. The Hall–Kier alpha value is -1.03. The quantitative estimate of drug-likeness (QED) is 0.676. The van der Waals surface area contributed by atoms with Crippen molar-refractivity contribution in [2.24, 2.45) is 0 Å². The third-order valence-electron chi connectivity index (χ3n) is 1.13. The first kappa shape index (κ1) is 9.97. The van der Waals surface area contributed by atoms with E-state index in [0.717, 1.165) is 5.82 Å². The fraction of sp³-hybridized carbons (Fsp3) is 0.333. The van der Waals surface area contributed by atoms with Crippen molar-refractivity contribution in [3.63, 3.8) is 0 Å². The number of aromatic nitrogens is 2. The van der Waals surface area contributed by atoms with Crippen molar-refractivity contribution in [1.29, 1.82) is 0 Å². The Labute approximate surface area is 71.8 Å². The van der Waals surface area contributed by atoms with Crippen LogP contribution in [-0.4, -0.2) is 24.3 Å². The maximum absolute atomic E-state index is 5.33. The third-order valence-corrected chi connectivity index (χ3v) is 1.13. The van der Waals surface area contributed by atoms with Gasteiger partial charge in [0.25, 0.3) is 0 Å². The minimum atomic E-state index is 0. The summed E-state index contributed by atoms with van der Waals surface area (Å²) in [6.07, 6.45) is 0. The Balaban J connectivity index is 0.000001000. The zero-order valence-corrected chi connectivity index (χ0v) is 7.30. The number of hydrogen-bond acceptors (Lipinski definition) is 4. The highest BCUT2D eigenvalue weighted by Crippen LogP contribution is 2.04. The molecule has 0 bridgehead atoms. The predicted molar refractivity (Wildman–Crippen MR) is 48.0 cm³/mol. The summed E-state index contributed by atoms with van der Waals surface area (Å²) in [5.41, 5.74) is 5.33. The smallest absolute Gasteiger partial charge is 0.150 e. The molecular weight excluding hydrogens is 164 g/mol. The van der Waals surface area contributed by atoms with Gasteiger partial charge in [0.2, 0.25) is 0 Å². The molecule has 1 aromatic heterocycles. The molecule has 0 aliphatic carbocycles. The molecule has 11 heavy (non-hydrogen) atoms. The minimum absolute atomic E-state index is 0. The second-order valence-corrected chi connectivity index (χ2v) is 2.21. The van der Waals surface area contributed by atoms with Crippen molar-refractivity contribution in [2.75, 3.05) is 24.7 Å². The zero-order valence-electron chi connectivity index (χ0n) is 6.48. The lowest BCUT2D eigenvalue weighted by atomic mass is 10.5. The van der Waals surface area contributed by atoms with E-state index in [1.165, 1.54) is 0 Å². The second-order valence-electron chi connectivity index (χ2n) is 2.21. The molecule has 4 nitrogen and oxygen atoms in total. The van der Waals surface area contributed by atoms with E-state index in [9.17, 15) is 0 Å². The SMILES string of the molecule is CN(C)c1ccc(N)nn1.Cl. The number of nitrogen functional groups attached to an aromatic ring is 1. The number of nitrogens with two attached hydrogens (primary N) is 1. The van der Waals surface area contributed by atoms with Crippen LogP contribution >= 0.6 is 12.4 Å². The van der Waals surface area contributed by atoms with Gasteiger partial charge in [0.1, 0.15) is 5.82 Å². The maximum atomic E-state index is 5.33. The van der Waals surface area contributed by atoms with Gasteiger partial charge in [0, 0.05) is 14.1 Å². The molecule has 0 unspecified atom stereocenters. The summed E-state index contributed by atoms with van der Waals surface area (Å²) < 4.78 is 0. The van der Waals surface area contributed by atoms with Crippen LogP contribution in [0.1, 0.15) is 0 Å². The van der Waals surface area contributed by atoms with Gasteiger partial charge in [0.05, 0.1) is 0 Å². The number of halogens is 1. The van der Waals surface area contributed by atoms with E-state index in [2.05, 4.69) is 10.2 Å². The Morgan fingerprint density at radius 3 is 2.27 bits per heavy atom. The first-order valence-electron chi connectivity index (χ1n) is 2.96. The van der Waals surface area contributed by atoms with Gasteiger partial charge in [-0.25, -0.2) is 0 Å². The number of hydrogen-bond donors (Lipinski definition) is 1. The van der Waals surface area contributed by atoms with Gasteiger partial charge < -0.3 is 10.6 Å². The Morgan fingerprint density at radius 2 is 1.91 bits per heavy atom. The van der Waals surface area contributed by atoms with Crippen LogP contribution in [-0.2, 0) is 0 Å². The van der Waals surface area contributed by atoms with Gasteiger partial charge in [-0.3, -0.25) is 0 Å². The van der Waals surface area contributed by atoms with E-state index in [1.54, 1.807) is 6.07 Å². The average Bonchev–Trinajstić information content (AvgIpc) is 1.88. The van der Waals surface area contributed by atoms with E-state index >= 15 is 0 Å². The van der Waals surface area contributed by atoms with Gasteiger partial charge in [-0.2, -0.15) is 0 Å². The highest BCUT2D eigenvalue weighted by Gasteiger charge is 1.94. The summed E-state index contributed by atoms with van der Waals surface area (Å²) in [6.45, 7) is 0. The molecule has 0 atom stereocenters. The molecular formula is C6H11ClN4. The molecule has 1 aromatic rings. The normalized spacial score (nSPS) is 8.55. The molecule has 0 aromatic carbocycles. The van der Waals surface area contributed by atoms with Crippen molar-refractivity contribution in [1.82, 2.24) is 10.2 Å². The molecule has 1 heterocycles. The van der Waals surface area contributed by atoms with E-state index in [0.29, 0.717) is 5.82 Å². The van der Waals surface area contributed by atoms with Crippen LogP contribution < -0.4 is 10.6 Å². The molecule has 62 valence electrons. The number of nitrogens with zero attached hydrogens (tertiary/aromatic N) is 3. The maximum Gasteiger partial charge on any atom is 0.150 e. The highest BCUT2D eigenvalue weighted by molar-refractivity contribution is 5.85. The molecule has 0 saturated carbocycles. The standard InChI is InChI=1S/C6H10N4.ClH/c1-10(2)6-4-3-5(7)8-9-6;/h3-4H,1-2H3,(H2,7,8);1H. The molecule has 0 aliphatic rings. The van der Waals surface area contributed by atoms with Crippen LogP contribution in [0.25, 0.3) is 0 Å². The lowest BCUT2D eigenvalue weighted by Gasteiger charge is -2.08. The van der Waals surface area contributed by atoms with Gasteiger partial charge in [0.15, 0.2) is 5.82 Å². The summed E-state index contributed by atoms with van der Waals surface area (Å²) >= 11 is 0. The summed E-state index contributed by atoms with van der Waals surface area (Å²) in [6, 6.07) is 3.55. The lowest BCUT2D eigenvalue weighted by molar-refractivity contribution is 0.971. The second kappa shape index (κ2) is 3.98. The monoisotopic (exact) mass is 174 g/mol. The molecule has 1 rings (SSSR count). The van der Waals surface area contributed by atoms with Crippen LogP contribution in [0.15, 0.2) is 12.1 Å². The van der Waals surface area contributed by atoms with Gasteiger partial charge >= 0.3 is 0 Å². The fourth-order valence-electron chi connectivity index (χ4n) is 0.574. The van der Waals surface area contributed by atoms with Crippen LogP contribution in [0.3, 0.4) is 0 Å². The third kappa shape index (κ3) is 2.59. The largest absolute Gasteiger partial charge is 0.382 e. The first-order chi connectivity index (χ1) is 4.70. The Morgan fingerprint density at radius 1 is 1.27 bits per heavy atom. The molecule has 0 spiro atoms. The molecule has 0 amide bonds. The number of rotatable bonds is 1. The average molecular weight is 175 g/mol. The molecule has 0 aliphatic heterocycles. The van der Waals surface area contributed by atoms with Gasteiger partial charge in [-0.15, -0.1) is 22.6 Å². The summed E-state index contributed by atoms with van der Waals surface area (Å²) in [5, 5.41) is 7.52. The molecule has 0 radical (unpaired) electrons. The molecule has 2 N–H and O–H groups in total. The van der Waals surface area contributed by atoms with Crippen molar-refractivity contribution in [3.05, 3.63) is 12.1 Å². The summed E-state index contributed by atoms with van der Waals surface area (Å²) in [4.78, 5) is 1.87. The Bertz CT molecular complexity index is 208. The van der Waals surface area contributed by atoms with Crippen molar-refractivity contribution in [3.8, 4) is 0 Å². The van der Waals surface area contributed by atoms with Crippen LogP contribution in [0.5, 0.6) is 0 Å². The molecule has 5 heteroatoms. The van der Waals surface area contributed by atoms with Crippen LogP contribution in [0.4, 0.5) is 11.6 Å². The first-order valence-corrected chi connectivity index (χ1v) is 2.96. The predicted octanol–water partition coefficient (Wildman–Crippen LogP) is 0.547. The van der Waals surface area contributed by atoms with Crippen molar-refractivity contribution < 1.29 is 0 Å². The summed E-state index contributed by atoms with van der Waals surface area (Å²) in [7, 11) is 3.81. The fourth-order valence-corrected chi connectivity index (χ4v) is 0.574. The zero-order chi connectivity index (χ0) is 7.56. The van der Waals surface area contributed by atoms with Crippen molar-refractivity contribution >= 4 is 24.0 Å².